The Morgan fingerprint density at radius 2 is 1.68 bits per heavy atom. The monoisotopic (exact) mass is 388 g/mol. The summed E-state index contributed by atoms with van der Waals surface area (Å²) >= 11 is 0. The van der Waals surface area contributed by atoms with Crippen LogP contribution in [0.5, 0.6) is 5.75 Å². The summed E-state index contributed by atoms with van der Waals surface area (Å²) in [5, 5.41) is 39.1. The fourth-order valence-electron chi connectivity index (χ4n) is 3.32. The van der Waals surface area contributed by atoms with Crippen molar-refractivity contribution in [1.29, 1.82) is 0 Å². The van der Waals surface area contributed by atoms with Crippen LogP contribution in [0.1, 0.15) is 35.6 Å². The number of hydrogen-bond donors (Lipinski definition) is 4. The van der Waals surface area contributed by atoms with Crippen LogP contribution in [-0.2, 0) is 24.2 Å². The van der Waals surface area contributed by atoms with E-state index in [-0.39, 0.29) is 19.6 Å². The highest BCUT2D eigenvalue weighted by Gasteiger charge is 2.38. The molecule has 0 bridgehead atoms. The molecular formula is C22H28O6. The van der Waals surface area contributed by atoms with E-state index in [2.05, 4.69) is 31.2 Å². The lowest BCUT2D eigenvalue weighted by molar-refractivity contribution is -0.240. The van der Waals surface area contributed by atoms with Gasteiger partial charge in [-0.25, -0.2) is 0 Å². The Morgan fingerprint density at radius 1 is 1.00 bits per heavy atom. The fourth-order valence-corrected chi connectivity index (χ4v) is 3.32. The molecule has 1 fully saturated rings. The zero-order valence-corrected chi connectivity index (χ0v) is 16.0. The molecular weight excluding hydrogens is 360 g/mol. The fraction of sp³-hybridized carbons (Fsp3) is 0.455. The normalized spacial score (nSPS) is 24.9. The summed E-state index contributed by atoms with van der Waals surface area (Å²) in [6.07, 6.45) is -2.24. The van der Waals surface area contributed by atoms with E-state index < -0.39 is 24.6 Å². The van der Waals surface area contributed by atoms with Crippen LogP contribution in [0.4, 0.5) is 0 Å². The maximum atomic E-state index is 10.2. The summed E-state index contributed by atoms with van der Waals surface area (Å²) in [5.41, 5.74) is 3.92. The molecule has 1 aliphatic rings. The Bertz CT molecular complexity index is 760. The molecule has 0 spiro atoms. The van der Waals surface area contributed by atoms with Crippen molar-refractivity contribution in [3.8, 4) is 5.75 Å². The number of hydrogen-bond acceptors (Lipinski definition) is 6. The number of aryl methyl sites for hydroxylation is 1. The first-order valence-electron chi connectivity index (χ1n) is 9.63. The van der Waals surface area contributed by atoms with Gasteiger partial charge in [-0.15, -0.1) is 0 Å². The molecule has 2 aromatic carbocycles. The van der Waals surface area contributed by atoms with Gasteiger partial charge < -0.3 is 29.9 Å². The van der Waals surface area contributed by atoms with Crippen LogP contribution in [0, 0.1) is 0 Å². The molecule has 0 aromatic heterocycles. The van der Waals surface area contributed by atoms with Crippen molar-refractivity contribution in [2.24, 2.45) is 0 Å². The zero-order valence-electron chi connectivity index (χ0n) is 16.0. The minimum absolute atomic E-state index is 0.141. The Kier molecular flexibility index (Phi) is 7.04. The number of benzene rings is 2. The first-order chi connectivity index (χ1) is 13.5. The molecule has 1 saturated heterocycles. The predicted molar refractivity (Wildman–Crippen MR) is 104 cm³/mol. The minimum Gasteiger partial charge on any atom is -0.462 e. The van der Waals surface area contributed by atoms with Crippen molar-refractivity contribution in [3.05, 3.63) is 64.7 Å². The second kappa shape index (κ2) is 9.49. The van der Waals surface area contributed by atoms with Crippen molar-refractivity contribution in [1.82, 2.24) is 0 Å². The third-order valence-electron chi connectivity index (χ3n) is 5.09. The Morgan fingerprint density at radius 3 is 2.32 bits per heavy atom. The van der Waals surface area contributed by atoms with Gasteiger partial charge in [-0.1, -0.05) is 43.3 Å². The lowest BCUT2D eigenvalue weighted by atomic mass is 10.0. The highest BCUT2D eigenvalue weighted by atomic mass is 16.7. The van der Waals surface area contributed by atoms with Gasteiger partial charge in [0.2, 0.25) is 6.29 Å². The number of aliphatic hydroxyl groups is 4. The van der Waals surface area contributed by atoms with E-state index in [1.165, 1.54) is 5.56 Å². The summed E-state index contributed by atoms with van der Waals surface area (Å²) in [4.78, 5) is 0. The van der Waals surface area contributed by atoms with E-state index in [1.54, 1.807) is 6.07 Å². The van der Waals surface area contributed by atoms with Crippen LogP contribution >= 0.6 is 0 Å². The summed E-state index contributed by atoms with van der Waals surface area (Å²) in [6.45, 7) is 1.70. The smallest absolute Gasteiger partial charge is 0.229 e. The summed E-state index contributed by atoms with van der Waals surface area (Å²) in [6, 6.07) is 13.7. The molecule has 6 heteroatoms. The molecule has 4 atom stereocenters. The van der Waals surface area contributed by atoms with Crippen LogP contribution in [0.2, 0.25) is 0 Å². The molecule has 0 radical (unpaired) electrons. The Labute approximate surface area is 165 Å². The first kappa shape index (κ1) is 20.8. The van der Waals surface area contributed by atoms with E-state index in [9.17, 15) is 20.4 Å². The first-order valence-corrected chi connectivity index (χ1v) is 9.63. The highest BCUT2D eigenvalue weighted by Crippen LogP contribution is 2.29. The van der Waals surface area contributed by atoms with Gasteiger partial charge in [0.15, 0.2) is 0 Å². The largest absolute Gasteiger partial charge is 0.462 e. The van der Waals surface area contributed by atoms with Crippen LogP contribution in [0.15, 0.2) is 42.5 Å². The zero-order chi connectivity index (χ0) is 20.1. The molecule has 0 aliphatic carbocycles. The van der Waals surface area contributed by atoms with Gasteiger partial charge in [0.25, 0.3) is 0 Å². The second-order valence-corrected chi connectivity index (χ2v) is 7.17. The van der Waals surface area contributed by atoms with Crippen LogP contribution in [-0.4, -0.2) is 51.6 Å². The Hall–Kier alpha value is -1.96. The molecule has 2 aromatic rings. The van der Waals surface area contributed by atoms with Gasteiger partial charge in [-0.3, -0.25) is 0 Å². The van der Waals surface area contributed by atoms with Crippen molar-refractivity contribution in [2.45, 2.75) is 57.4 Å². The quantitative estimate of drug-likeness (QED) is 0.574. The standard InChI is InChI=1S/C22H28O6/c1-2-14-3-5-15(6-4-14)9-17-8-7-16(12-23)10-20(17)28-22-21(26)19(25)11-18(13-24)27-22/h3-8,10,18-19,21-26H,2,9,11-13H2,1H3/t18-,19-,21+,22+/m0/s1. The van der Waals surface area contributed by atoms with Gasteiger partial charge >= 0.3 is 0 Å². The lowest BCUT2D eigenvalue weighted by Crippen LogP contribution is -2.51. The van der Waals surface area contributed by atoms with E-state index in [0.717, 1.165) is 17.5 Å². The molecule has 1 aliphatic heterocycles. The summed E-state index contributed by atoms with van der Waals surface area (Å²) < 4.78 is 11.5. The lowest BCUT2D eigenvalue weighted by Gasteiger charge is -2.36. The predicted octanol–water partition coefficient (Wildman–Crippen LogP) is 1.54. The third kappa shape index (κ3) is 4.90. The maximum Gasteiger partial charge on any atom is 0.229 e. The van der Waals surface area contributed by atoms with E-state index in [0.29, 0.717) is 17.7 Å². The van der Waals surface area contributed by atoms with Crippen LogP contribution < -0.4 is 4.74 Å². The van der Waals surface area contributed by atoms with Crippen LogP contribution in [0.25, 0.3) is 0 Å². The molecule has 152 valence electrons. The van der Waals surface area contributed by atoms with Crippen molar-refractivity contribution >= 4 is 0 Å². The van der Waals surface area contributed by atoms with E-state index in [1.807, 2.05) is 12.1 Å². The Balaban J connectivity index is 1.83. The third-order valence-corrected chi connectivity index (χ3v) is 5.09. The topological polar surface area (TPSA) is 99.4 Å². The van der Waals surface area contributed by atoms with Gasteiger partial charge in [-0.2, -0.15) is 0 Å². The van der Waals surface area contributed by atoms with Crippen LogP contribution in [0.3, 0.4) is 0 Å². The summed E-state index contributed by atoms with van der Waals surface area (Å²) in [5.74, 6) is 0.473. The van der Waals surface area contributed by atoms with Crippen molar-refractivity contribution in [2.75, 3.05) is 6.61 Å². The summed E-state index contributed by atoms with van der Waals surface area (Å²) in [7, 11) is 0. The number of ether oxygens (including phenoxy) is 2. The maximum absolute atomic E-state index is 10.2. The van der Waals surface area contributed by atoms with Crippen molar-refractivity contribution < 1.29 is 29.9 Å². The average Bonchev–Trinajstić information content (AvgIpc) is 2.72. The number of aliphatic hydroxyl groups excluding tert-OH is 4. The van der Waals surface area contributed by atoms with E-state index in [4.69, 9.17) is 9.47 Å². The van der Waals surface area contributed by atoms with Gasteiger partial charge in [-0.05, 0) is 34.7 Å². The molecule has 0 saturated carbocycles. The SMILES string of the molecule is CCc1ccc(Cc2ccc(CO)cc2O[C@H]2O[C@H](CO)C[C@H](O)[C@H]2O)cc1. The number of rotatable bonds is 7. The minimum atomic E-state index is -1.22. The molecule has 3 rings (SSSR count). The van der Waals surface area contributed by atoms with Gasteiger partial charge in [0.1, 0.15) is 11.9 Å². The van der Waals surface area contributed by atoms with Gasteiger partial charge in [0.05, 0.1) is 25.4 Å². The van der Waals surface area contributed by atoms with Gasteiger partial charge in [0, 0.05) is 12.8 Å². The second-order valence-electron chi connectivity index (χ2n) is 7.17. The molecule has 28 heavy (non-hydrogen) atoms. The highest BCUT2D eigenvalue weighted by molar-refractivity contribution is 5.41. The molecule has 0 amide bonds. The average molecular weight is 388 g/mol. The van der Waals surface area contributed by atoms with E-state index >= 15 is 0 Å². The molecule has 1 heterocycles. The molecule has 6 nitrogen and oxygen atoms in total. The van der Waals surface area contributed by atoms with Crippen molar-refractivity contribution in [3.63, 3.8) is 0 Å². The molecule has 4 N–H and O–H groups in total. The molecule has 0 unspecified atom stereocenters.